The Morgan fingerprint density at radius 3 is 2.50 bits per heavy atom. The van der Waals surface area contributed by atoms with Crippen molar-refractivity contribution in [2.24, 2.45) is 0 Å². The van der Waals surface area contributed by atoms with Gasteiger partial charge in [0.05, 0.1) is 16.1 Å². The number of hydrogen-bond donors (Lipinski definition) is 2. The van der Waals surface area contributed by atoms with Crippen molar-refractivity contribution < 1.29 is 9.18 Å². The van der Waals surface area contributed by atoms with Crippen LogP contribution in [0.4, 0.5) is 10.2 Å². The van der Waals surface area contributed by atoms with Gasteiger partial charge in [-0.25, -0.2) is 4.39 Å². The van der Waals surface area contributed by atoms with Crippen LogP contribution in [-0.2, 0) is 0 Å². The highest BCUT2D eigenvalue weighted by Crippen LogP contribution is 2.29. The highest BCUT2D eigenvalue weighted by atomic mass is 35.5. The van der Waals surface area contributed by atoms with E-state index in [1.54, 1.807) is 0 Å². The normalized spacial score (nSPS) is 11.0. The van der Waals surface area contributed by atoms with Crippen molar-refractivity contribution in [1.29, 1.82) is 0 Å². The second-order valence-corrected chi connectivity index (χ2v) is 7.17. The number of aromatic amines is 1. The molecule has 1 heterocycles. The fraction of sp³-hybridized carbons (Fsp3) is 0.0909. The predicted molar refractivity (Wildman–Crippen MR) is 110 cm³/mol. The molecular weight excluding hydrogens is 377 g/mol. The summed E-state index contributed by atoms with van der Waals surface area (Å²) in [6, 6.07) is 16.3. The third kappa shape index (κ3) is 3.37. The van der Waals surface area contributed by atoms with Crippen LogP contribution < -0.4 is 5.32 Å². The molecule has 0 spiro atoms. The number of aryl methyl sites for hydroxylation is 2. The molecule has 4 nitrogen and oxygen atoms in total. The zero-order valence-corrected chi connectivity index (χ0v) is 16.1. The molecule has 0 aliphatic carbocycles. The number of H-pyrrole nitrogens is 1. The molecule has 0 aliphatic heterocycles. The molecule has 0 bridgehead atoms. The first-order valence-electron chi connectivity index (χ1n) is 8.74. The van der Waals surface area contributed by atoms with Crippen LogP contribution in [0, 0.1) is 19.7 Å². The van der Waals surface area contributed by atoms with E-state index in [-0.39, 0.29) is 10.6 Å². The largest absolute Gasteiger partial charge is 0.304 e. The highest BCUT2D eigenvalue weighted by molar-refractivity contribution is 6.34. The number of hydrogen-bond acceptors (Lipinski definition) is 2. The standard InChI is InChI=1S/C22H17ClFN3O/c1-12-8-13(2)10-15(9-12)14-6-7-16-19(11-14)26-27-21(16)25-22(28)20-17(23)4-3-5-18(20)24/h3-11H,1-2H3,(H2,25,26,27,28). The summed E-state index contributed by atoms with van der Waals surface area (Å²) in [5, 5.41) is 10.5. The number of aromatic nitrogens is 2. The quantitative estimate of drug-likeness (QED) is 0.455. The van der Waals surface area contributed by atoms with Crippen molar-refractivity contribution >= 4 is 34.2 Å². The summed E-state index contributed by atoms with van der Waals surface area (Å²) >= 11 is 5.97. The summed E-state index contributed by atoms with van der Waals surface area (Å²) in [5.74, 6) is -0.997. The second-order valence-electron chi connectivity index (χ2n) is 6.76. The lowest BCUT2D eigenvalue weighted by molar-refractivity contribution is 0.102. The lowest BCUT2D eigenvalue weighted by Gasteiger charge is -2.07. The minimum absolute atomic E-state index is 0.0504. The van der Waals surface area contributed by atoms with Gasteiger partial charge in [-0.3, -0.25) is 9.89 Å². The van der Waals surface area contributed by atoms with Gasteiger partial charge in [0.25, 0.3) is 5.91 Å². The van der Waals surface area contributed by atoms with Gasteiger partial charge in [-0.05, 0) is 49.2 Å². The van der Waals surface area contributed by atoms with E-state index in [1.807, 2.05) is 18.2 Å². The van der Waals surface area contributed by atoms with E-state index in [2.05, 4.69) is 47.6 Å². The summed E-state index contributed by atoms with van der Waals surface area (Å²) < 4.78 is 14.0. The molecule has 6 heteroatoms. The minimum atomic E-state index is -0.679. The van der Waals surface area contributed by atoms with Gasteiger partial charge in [0, 0.05) is 5.39 Å². The molecule has 0 atom stereocenters. The molecule has 4 rings (SSSR count). The molecule has 2 N–H and O–H groups in total. The van der Waals surface area contributed by atoms with Crippen molar-refractivity contribution in [3.63, 3.8) is 0 Å². The molecule has 0 aliphatic rings. The summed E-state index contributed by atoms with van der Waals surface area (Å²) in [5.41, 5.74) is 5.10. The zero-order valence-electron chi connectivity index (χ0n) is 15.3. The third-order valence-corrected chi connectivity index (χ3v) is 4.85. The van der Waals surface area contributed by atoms with Gasteiger partial charge >= 0.3 is 0 Å². The number of rotatable bonds is 3. The molecule has 1 aromatic heterocycles. The average Bonchev–Trinajstić information content (AvgIpc) is 3.03. The summed E-state index contributed by atoms with van der Waals surface area (Å²) in [6.07, 6.45) is 0. The molecule has 28 heavy (non-hydrogen) atoms. The molecule has 0 unspecified atom stereocenters. The van der Waals surface area contributed by atoms with Crippen molar-refractivity contribution in [2.45, 2.75) is 13.8 Å². The van der Waals surface area contributed by atoms with Gasteiger partial charge in [0.15, 0.2) is 5.82 Å². The molecule has 0 radical (unpaired) electrons. The van der Waals surface area contributed by atoms with E-state index in [9.17, 15) is 9.18 Å². The van der Waals surface area contributed by atoms with Crippen LogP contribution in [0.25, 0.3) is 22.0 Å². The van der Waals surface area contributed by atoms with Crippen molar-refractivity contribution in [1.82, 2.24) is 10.2 Å². The molecule has 3 aromatic carbocycles. The van der Waals surface area contributed by atoms with Crippen LogP contribution in [0.3, 0.4) is 0 Å². The fourth-order valence-corrected chi connectivity index (χ4v) is 3.57. The van der Waals surface area contributed by atoms with Crippen LogP contribution >= 0.6 is 11.6 Å². The summed E-state index contributed by atoms with van der Waals surface area (Å²) in [6.45, 7) is 4.12. The fourth-order valence-electron chi connectivity index (χ4n) is 3.32. The van der Waals surface area contributed by atoms with Crippen LogP contribution in [0.5, 0.6) is 0 Å². The number of carbonyl (C=O) groups excluding carboxylic acids is 1. The maximum atomic E-state index is 14.0. The van der Waals surface area contributed by atoms with E-state index in [0.717, 1.165) is 22.0 Å². The number of nitrogens with zero attached hydrogens (tertiary/aromatic N) is 1. The lowest BCUT2D eigenvalue weighted by Crippen LogP contribution is -2.14. The van der Waals surface area contributed by atoms with Gasteiger partial charge in [0.1, 0.15) is 5.82 Å². The predicted octanol–water partition coefficient (Wildman–Crippen LogP) is 5.89. The molecular formula is C22H17ClFN3O. The zero-order chi connectivity index (χ0) is 19.8. The van der Waals surface area contributed by atoms with Crippen LogP contribution in [0.2, 0.25) is 5.02 Å². The first-order chi connectivity index (χ1) is 13.4. The Bertz CT molecular complexity index is 1180. The number of nitrogens with one attached hydrogen (secondary N) is 2. The Kier molecular flexibility index (Phi) is 4.61. The molecule has 4 aromatic rings. The van der Waals surface area contributed by atoms with E-state index in [1.165, 1.54) is 29.3 Å². The van der Waals surface area contributed by atoms with Gasteiger partial charge < -0.3 is 5.32 Å². The van der Waals surface area contributed by atoms with Crippen LogP contribution in [0.15, 0.2) is 54.6 Å². The number of carbonyl (C=O) groups is 1. The van der Waals surface area contributed by atoms with E-state index < -0.39 is 11.7 Å². The molecule has 0 saturated heterocycles. The van der Waals surface area contributed by atoms with Crippen molar-refractivity contribution in [3.05, 3.63) is 82.1 Å². The number of fused-ring (bicyclic) bond motifs is 1. The van der Waals surface area contributed by atoms with Crippen molar-refractivity contribution in [2.75, 3.05) is 5.32 Å². The average molecular weight is 394 g/mol. The van der Waals surface area contributed by atoms with E-state index >= 15 is 0 Å². The number of amides is 1. The Labute approximate surface area is 166 Å². The second kappa shape index (κ2) is 7.09. The van der Waals surface area contributed by atoms with Gasteiger partial charge in [-0.2, -0.15) is 5.10 Å². The van der Waals surface area contributed by atoms with E-state index in [4.69, 9.17) is 11.6 Å². The number of benzene rings is 3. The number of anilines is 1. The van der Waals surface area contributed by atoms with Crippen LogP contribution in [-0.4, -0.2) is 16.1 Å². The van der Waals surface area contributed by atoms with Crippen LogP contribution in [0.1, 0.15) is 21.5 Å². The van der Waals surface area contributed by atoms with Gasteiger partial charge in [-0.1, -0.05) is 53.1 Å². The van der Waals surface area contributed by atoms with E-state index in [0.29, 0.717) is 5.82 Å². The molecule has 0 fully saturated rings. The summed E-state index contributed by atoms with van der Waals surface area (Å²) in [7, 11) is 0. The van der Waals surface area contributed by atoms with Gasteiger partial charge in [0.2, 0.25) is 0 Å². The Morgan fingerprint density at radius 1 is 1.04 bits per heavy atom. The minimum Gasteiger partial charge on any atom is -0.304 e. The molecule has 140 valence electrons. The number of halogens is 2. The topological polar surface area (TPSA) is 57.8 Å². The first kappa shape index (κ1) is 18.2. The maximum Gasteiger partial charge on any atom is 0.261 e. The summed E-state index contributed by atoms with van der Waals surface area (Å²) in [4.78, 5) is 12.5. The Morgan fingerprint density at radius 2 is 1.79 bits per heavy atom. The molecule has 0 saturated carbocycles. The Hall–Kier alpha value is -3.18. The molecule has 1 amide bonds. The Balaban J connectivity index is 1.68. The third-order valence-electron chi connectivity index (χ3n) is 4.54. The monoisotopic (exact) mass is 393 g/mol. The SMILES string of the molecule is Cc1cc(C)cc(-c2ccc3c(NC(=O)c4c(F)cccc4Cl)n[nH]c3c2)c1. The first-order valence-corrected chi connectivity index (χ1v) is 9.12. The maximum absolute atomic E-state index is 14.0. The lowest BCUT2D eigenvalue weighted by atomic mass is 10.00. The van der Waals surface area contributed by atoms with Crippen molar-refractivity contribution in [3.8, 4) is 11.1 Å². The van der Waals surface area contributed by atoms with Gasteiger partial charge in [-0.15, -0.1) is 0 Å². The highest BCUT2D eigenvalue weighted by Gasteiger charge is 2.18. The smallest absolute Gasteiger partial charge is 0.261 e.